The van der Waals surface area contributed by atoms with Crippen molar-refractivity contribution in [2.24, 2.45) is 11.1 Å². The van der Waals surface area contributed by atoms with Crippen molar-refractivity contribution in [1.29, 1.82) is 0 Å². The Morgan fingerprint density at radius 2 is 1.89 bits per heavy atom. The van der Waals surface area contributed by atoms with E-state index in [2.05, 4.69) is 44.1 Å². The first-order valence-corrected chi connectivity index (χ1v) is 13.9. The largest absolute Gasteiger partial charge is 0.340 e. The van der Waals surface area contributed by atoms with E-state index in [1.807, 2.05) is 31.2 Å². The zero-order valence-corrected chi connectivity index (χ0v) is 21.5. The van der Waals surface area contributed by atoms with E-state index < -0.39 is 10.2 Å². The normalized spacial score (nSPS) is 16.4. The van der Waals surface area contributed by atoms with Crippen LogP contribution in [0.1, 0.15) is 36.0 Å². The first-order chi connectivity index (χ1) is 17.7. The lowest BCUT2D eigenvalue weighted by molar-refractivity contribution is -0.117. The second-order valence-electron chi connectivity index (χ2n) is 9.69. The summed E-state index contributed by atoms with van der Waals surface area (Å²) in [7, 11) is -3.68. The number of hydrogen-bond acceptors (Lipinski definition) is 7. The Bertz CT molecular complexity index is 1420. The van der Waals surface area contributed by atoms with E-state index in [1.54, 1.807) is 6.20 Å². The number of benzene rings is 2. The molecule has 2 aromatic carbocycles. The molecule has 1 aromatic heterocycles. The maximum atomic E-state index is 12.9. The van der Waals surface area contributed by atoms with Gasteiger partial charge in [-0.25, -0.2) is 10.1 Å². The van der Waals surface area contributed by atoms with Crippen LogP contribution in [0.5, 0.6) is 0 Å². The summed E-state index contributed by atoms with van der Waals surface area (Å²) in [4.78, 5) is 22.0. The minimum absolute atomic E-state index is 0.0728. The summed E-state index contributed by atoms with van der Waals surface area (Å²) >= 11 is 0. The minimum Gasteiger partial charge on any atom is -0.340 e. The fourth-order valence-electron chi connectivity index (χ4n) is 4.81. The summed E-state index contributed by atoms with van der Waals surface area (Å²) in [5.41, 5.74) is 5.67. The van der Waals surface area contributed by atoms with Crippen LogP contribution >= 0.6 is 0 Å². The van der Waals surface area contributed by atoms with Crippen molar-refractivity contribution in [2.75, 3.05) is 29.0 Å². The van der Waals surface area contributed by atoms with E-state index in [9.17, 15) is 13.2 Å². The number of nitrogens with two attached hydrogens (primary N) is 1. The number of carbonyl (C=O) groups is 1. The molecule has 2 aliphatic rings. The summed E-state index contributed by atoms with van der Waals surface area (Å²) in [5.74, 6) is 1.27. The van der Waals surface area contributed by atoms with Gasteiger partial charge in [-0.2, -0.15) is 17.7 Å². The van der Waals surface area contributed by atoms with Gasteiger partial charge in [-0.05, 0) is 80.0 Å². The lowest BCUT2D eigenvalue weighted by atomic mass is 9.94. The van der Waals surface area contributed by atoms with E-state index in [1.165, 1.54) is 4.31 Å². The molecule has 1 saturated heterocycles. The molecular weight excluding hydrogens is 490 g/mol. The second kappa shape index (κ2) is 10.4. The minimum atomic E-state index is -3.68. The first kappa shape index (κ1) is 25.1. The van der Waals surface area contributed by atoms with E-state index in [0.717, 1.165) is 46.6 Å². The highest BCUT2D eigenvalue weighted by atomic mass is 32.2. The smallest absolute Gasteiger partial charge is 0.276 e. The average molecular weight is 522 g/mol. The summed E-state index contributed by atoms with van der Waals surface area (Å²) in [6, 6.07) is 14.1. The number of aryl methyl sites for hydroxylation is 3. The van der Waals surface area contributed by atoms with E-state index in [0.29, 0.717) is 44.1 Å². The van der Waals surface area contributed by atoms with Gasteiger partial charge in [0, 0.05) is 48.3 Å². The SMILES string of the molecule is Cc1cnc2nc1Nc1ccc(NC(=O)CC3CCN(S(N)(=O)=O)CC3)c(c1)CCc1cccc(c1)N2. The number of piperidine rings is 1. The van der Waals surface area contributed by atoms with Gasteiger partial charge >= 0.3 is 0 Å². The Kier molecular flexibility index (Phi) is 7.09. The van der Waals surface area contributed by atoms with Crippen molar-refractivity contribution in [3.63, 3.8) is 0 Å². The zero-order valence-electron chi connectivity index (χ0n) is 20.7. The van der Waals surface area contributed by atoms with Gasteiger partial charge in [0.15, 0.2) is 0 Å². The van der Waals surface area contributed by atoms with Crippen molar-refractivity contribution in [3.8, 4) is 0 Å². The summed E-state index contributed by atoms with van der Waals surface area (Å²) in [6.45, 7) is 2.65. The third-order valence-corrected chi connectivity index (χ3v) is 7.97. The summed E-state index contributed by atoms with van der Waals surface area (Å²) in [5, 5.41) is 15.0. The summed E-state index contributed by atoms with van der Waals surface area (Å²) < 4.78 is 24.4. The third-order valence-electron chi connectivity index (χ3n) is 6.89. The zero-order chi connectivity index (χ0) is 26.0. The Balaban J connectivity index is 1.35. The van der Waals surface area contributed by atoms with Crippen molar-refractivity contribution in [3.05, 3.63) is 65.4 Å². The van der Waals surface area contributed by atoms with Crippen LogP contribution < -0.4 is 21.1 Å². The lowest BCUT2D eigenvalue weighted by Crippen LogP contribution is -2.42. The topological polar surface area (TPSA) is 142 Å². The Morgan fingerprint density at radius 1 is 1.11 bits per heavy atom. The van der Waals surface area contributed by atoms with Crippen molar-refractivity contribution in [2.45, 2.75) is 39.0 Å². The Hall–Kier alpha value is -3.54. The molecule has 194 valence electrons. The van der Waals surface area contributed by atoms with Gasteiger partial charge in [0.2, 0.25) is 11.9 Å². The number of anilines is 5. The standard InChI is InChI=1S/C26H31N7O3S/c1-17-16-28-26-30-21-4-2-3-18(13-21)5-6-20-15-22(29-25(17)32-26)7-8-23(20)31-24(34)14-19-9-11-33(12-10-19)37(27,35)36/h2-4,7-8,13,15-16,19H,5-6,9-12,14H2,1H3,(H,31,34)(H2,27,35,36)(H2,28,29,30,32). The second-order valence-corrected chi connectivity index (χ2v) is 11.2. The molecule has 5 rings (SSSR count). The van der Waals surface area contributed by atoms with Crippen LogP contribution in [0.15, 0.2) is 48.7 Å². The molecule has 0 radical (unpaired) electrons. The van der Waals surface area contributed by atoms with Crippen LogP contribution in [0.2, 0.25) is 0 Å². The monoisotopic (exact) mass is 521 g/mol. The molecule has 37 heavy (non-hydrogen) atoms. The number of carbonyl (C=O) groups excluding carboxylic acids is 1. The van der Waals surface area contributed by atoms with Crippen LogP contribution in [0, 0.1) is 12.8 Å². The molecule has 0 unspecified atom stereocenters. The molecule has 0 aliphatic carbocycles. The number of aromatic nitrogens is 2. The van der Waals surface area contributed by atoms with Gasteiger partial charge in [0.25, 0.3) is 10.2 Å². The van der Waals surface area contributed by atoms with Gasteiger partial charge in [-0.15, -0.1) is 0 Å². The van der Waals surface area contributed by atoms with Gasteiger partial charge in [0.1, 0.15) is 5.82 Å². The number of fused-ring (bicyclic) bond motifs is 6. The maximum Gasteiger partial charge on any atom is 0.276 e. The molecule has 2 aliphatic heterocycles. The van der Waals surface area contributed by atoms with Crippen molar-refractivity contribution in [1.82, 2.24) is 14.3 Å². The third kappa shape index (κ3) is 6.24. The van der Waals surface area contributed by atoms with Gasteiger partial charge in [-0.3, -0.25) is 4.79 Å². The predicted molar refractivity (Wildman–Crippen MR) is 144 cm³/mol. The molecule has 5 N–H and O–H groups in total. The number of nitrogens with one attached hydrogen (secondary N) is 3. The fraction of sp³-hybridized carbons (Fsp3) is 0.346. The molecule has 1 amide bonds. The number of rotatable bonds is 4. The lowest BCUT2D eigenvalue weighted by Gasteiger charge is -2.29. The highest BCUT2D eigenvalue weighted by Gasteiger charge is 2.26. The molecule has 3 aromatic rings. The van der Waals surface area contributed by atoms with Crippen molar-refractivity contribution >= 4 is 44.9 Å². The summed E-state index contributed by atoms with van der Waals surface area (Å²) in [6.07, 6.45) is 4.89. The predicted octanol–water partition coefficient (Wildman–Crippen LogP) is 3.61. The van der Waals surface area contributed by atoms with Crippen LogP contribution in [0.25, 0.3) is 0 Å². The molecule has 0 saturated carbocycles. The van der Waals surface area contributed by atoms with Crippen LogP contribution in [0.3, 0.4) is 0 Å². The van der Waals surface area contributed by atoms with E-state index in [4.69, 9.17) is 5.14 Å². The fourth-order valence-corrected chi connectivity index (χ4v) is 5.53. The molecular formula is C26H31N7O3S. The van der Waals surface area contributed by atoms with Crippen LogP contribution in [-0.2, 0) is 27.8 Å². The van der Waals surface area contributed by atoms with Crippen LogP contribution in [-0.4, -0.2) is 41.7 Å². The maximum absolute atomic E-state index is 12.9. The van der Waals surface area contributed by atoms with E-state index in [-0.39, 0.29) is 11.8 Å². The average Bonchev–Trinajstić information content (AvgIpc) is 2.86. The highest BCUT2D eigenvalue weighted by molar-refractivity contribution is 7.86. The van der Waals surface area contributed by atoms with Gasteiger partial charge in [0.05, 0.1) is 0 Å². The van der Waals surface area contributed by atoms with Gasteiger partial charge < -0.3 is 16.0 Å². The first-order valence-electron chi connectivity index (χ1n) is 12.4. The Labute approximate surface area is 216 Å². The number of nitrogens with zero attached hydrogens (tertiary/aromatic N) is 3. The Morgan fingerprint density at radius 3 is 2.68 bits per heavy atom. The quantitative estimate of drug-likeness (QED) is 0.411. The number of amides is 1. The molecule has 10 nitrogen and oxygen atoms in total. The molecule has 3 heterocycles. The van der Waals surface area contributed by atoms with Crippen LogP contribution in [0.4, 0.5) is 28.8 Å². The van der Waals surface area contributed by atoms with E-state index >= 15 is 0 Å². The van der Waals surface area contributed by atoms with Crippen molar-refractivity contribution < 1.29 is 13.2 Å². The molecule has 0 spiro atoms. The molecule has 0 atom stereocenters. The van der Waals surface area contributed by atoms with Gasteiger partial charge in [-0.1, -0.05) is 12.1 Å². The molecule has 6 bridgehead atoms. The molecule has 1 fully saturated rings. The number of hydrogen-bond donors (Lipinski definition) is 4. The highest BCUT2D eigenvalue weighted by Crippen LogP contribution is 2.29. The molecule has 11 heteroatoms.